The smallest absolute Gasteiger partial charge is 0.303 e. The Labute approximate surface area is 197 Å². The third-order valence-corrected chi connectivity index (χ3v) is 4.76. The van der Waals surface area contributed by atoms with E-state index in [1.165, 1.54) is 53.8 Å². The number of hydrogen-bond acceptors (Lipinski definition) is 8. The number of aliphatic carboxylic acids is 1. The second kappa shape index (κ2) is 12.1. The number of methoxy groups -OCH3 is 5. The van der Waals surface area contributed by atoms with Gasteiger partial charge in [0.05, 0.1) is 47.5 Å². The highest BCUT2D eigenvalue weighted by atomic mass is 16.5. The molecule has 2 aromatic carbocycles. The first kappa shape index (κ1) is 26.0. The lowest BCUT2D eigenvalue weighted by Crippen LogP contribution is -2.14. The molecule has 0 aliphatic carbocycles. The van der Waals surface area contributed by atoms with Crippen LogP contribution in [0, 0.1) is 0 Å². The Morgan fingerprint density at radius 1 is 0.794 bits per heavy atom. The average Bonchev–Trinajstić information content (AvgIpc) is 2.84. The van der Waals surface area contributed by atoms with Crippen molar-refractivity contribution < 1.29 is 43.2 Å². The van der Waals surface area contributed by atoms with Gasteiger partial charge in [0.15, 0.2) is 5.78 Å². The van der Waals surface area contributed by atoms with E-state index in [0.29, 0.717) is 28.5 Å². The number of ether oxygens (including phenoxy) is 5. The van der Waals surface area contributed by atoms with Crippen molar-refractivity contribution in [3.63, 3.8) is 0 Å². The minimum Gasteiger partial charge on any atom is -0.496 e. The first-order chi connectivity index (χ1) is 16.3. The molecule has 0 aliphatic rings. The van der Waals surface area contributed by atoms with E-state index in [1.807, 2.05) is 0 Å². The Morgan fingerprint density at radius 3 is 1.76 bits per heavy atom. The SMILES string of the molecule is COc1cc(OC)c(/C=C/C(=O)c2c(OC)cc(NC(=O)CCC(=O)O)cc2OC)c(OC)c1. The largest absolute Gasteiger partial charge is 0.496 e. The van der Waals surface area contributed by atoms with Crippen LogP contribution in [0.2, 0.25) is 0 Å². The maximum absolute atomic E-state index is 13.1. The average molecular weight is 473 g/mol. The molecule has 0 radical (unpaired) electrons. The van der Waals surface area contributed by atoms with Crippen molar-refractivity contribution in [3.8, 4) is 28.7 Å². The Balaban J connectivity index is 2.40. The monoisotopic (exact) mass is 473 g/mol. The van der Waals surface area contributed by atoms with Crippen LogP contribution in [0.3, 0.4) is 0 Å². The van der Waals surface area contributed by atoms with Crippen molar-refractivity contribution in [2.24, 2.45) is 0 Å². The molecule has 0 spiro atoms. The van der Waals surface area contributed by atoms with Crippen molar-refractivity contribution in [3.05, 3.63) is 41.5 Å². The number of carboxylic acid groups (broad SMARTS) is 1. The molecule has 34 heavy (non-hydrogen) atoms. The van der Waals surface area contributed by atoms with Crippen molar-refractivity contribution in [1.29, 1.82) is 0 Å². The van der Waals surface area contributed by atoms with Crippen LogP contribution >= 0.6 is 0 Å². The quantitative estimate of drug-likeness (QED) is 0.352. The molecule has 10 heteroatoms. The predicted molar refractivity (Wildman–Crippen MR) is 125 cm³/mol. The molecule has 0 bridgehead atoms. The molecule has 0 atom stereocenters. The Kier molecular flexibility index (Phi) is 9.30. The normalized spacial score (nSPS) is 10.5. The highest BCUT2D eigenvalue weighted by Gasteiger charge is 2.20. The van der Waals surface area contributed by atoms with Gasteiger partial charge in [-0.1, -0.05) is 0 Å². The molecular weight excluding hydrogens is 446 g/mol. The first-order valence-corrected chi connectivity index (χ1v) is 10.1. The van der Waals surface area contributed by atoms with E-state index >= 15 is 0 Å². The molecule has 0 saturated carbocycles. The van der Waals surface area contributed by atoms with Crippen molar-refractivity contribution >= 4 is 29.4 Å². The summed E-state index contributed by atoms with van der Waals surface area (Å²) in [4.78, 5) is 35.8. The number of benzene rings is 2. The van der Waals surface area contributed by atoms with Crippen molar-refractivity contribution in [2.45, 2.75) is 12.8 Å². The lowest BCUT2D eigenvalue weighted by atomic mass is 10.0. The summed E-state index contributed by atoms with van der Waals surface area (Å²) in [5.41, 5.74) is 0.957. The number of amides is 1. The summed E-state index contributed by atoms with van der Waals surface area (Å²) in [6, 6.07) is 6.24. The van der Waals surface area contributed by atoms with Gasteiger partial charge < -0.3 is 34.1 Å². The summed E-state index contributed by atoms with van der Waals surface area (Å²) < 4.78 is 26.7. The highest BCUT2D eigenvalue weighted by molar-refractivity contribution is 6.11. The molecule has 0 aliphatic heterocycles. The third-order valence-electron chi connectivity index (χ3n) is 4.76. The molecule has 0 heterocycles. The van der Waals surface area contributed by atoms with Gasteiger partial charge in [-0.25, -0.2) is 0 Å². The van der Waals surface area contributed by atoms with Gasteiger partial charge in [0.25, 0.3) is 0 Å². The molecule has 2 aromatic rings. The number of nitrogens with one attached hydrogen (secondary N) is 1. The zero-order chi connectivity index (χ0) is 25.3. The van der Waals surface area contributed by atoms with E-state index in [1.54, 1.807) is 18.2 Å². The van der Waals surface area contributed by atoms with Gasteiger partial charge >= 0.3 is 5.97 Å². The summed E-state index contributed by atoms with van der Waals surface area (Å²) in [7, 11) is 7.25. The van der Waals surface area contributed by atoms with Gasteiger partial charge in [0, 0.05) is 36.4 Å². The molecular formula is C24H27NO9. The molecule has 10 nitrogen and oxygen atoms in total. The third kappa shape index (κ3) is 6.41. The molecule has 182 valence electrons. The number of allylic oxidation sites excluding steroid dienone is 1. The number of carboxylic acids is 1. The second-order valence-corrected chi connectivity index (χ2v) is 6.84. The lowest BCUT2D eigenvalue weighted by Gasteiger charge is -2.15. The Bertz CT molecular complexity index is 1040. The zero-order valence-corrected chi connectivity index (χ0v) is 19.6. The van der Waals surface area contributed by atoms with Gasteiger partial charge in [-0.05, 0) is 12.2 Å². The van der Waals surface area contributed by atoms with Crippen LogP contribution < -0.4 is 29.0 Å². The van der Waals surface area contributed by atoms with Crippen LogP contribution in [0.15, 0.2) is 30.3 Å². The van der Waals surface area contributed by atoms with Gasteiger partial charge in [-0.2, -0.15) is 0 Å². The number of hydrogen-bond donors (Lipinski definition) is 2. The van der Waals surface area contributed by atoms with Crippen LogP contribution in [-0.2, 0) is 9.59 Å². The number of rotatable bonds is 12. The van der Waals surface area contributed by atoms with E-state index in [2.05, 4.69) is 5.32 Å². The Hall–Kier alpha value is -4.21. The van der Waals surface area contributed by atoms with Crippen LogP contribution in [0.5, 0.6) is 28.7 Å². The fourth-order valence-electron chi connectivity index (χ4n) is 3.11. The number of ketones is 1. The molecule has 0 fully saturated rings. The van der Waals surface area contributed by atoms with Crippen LogP contribution in [-0.4, -0.2) is 58.3 Å². The summed E-state index contributed by atoms with van der Waals surface area (Å²) in [5.74, 6) is -0.268. The van der Waals surface area contributed by atoms with E-state index < -0.39 is 17.7 Å². The fourth-order valence-corrected chi connectivity index (χ4v) is 3.11. The molecule has 0 saturated heterocycles. The summed E-state index contributed by atoms with van der Waals surface area (Å²) in [6.45, 7) is 0. The standard InChI is InChI=1S/C24H27NO9/c1-30-15-12-18(31-2)16(19(13-15)32-3)6-7-17(26)24-20(33-4)10-14(11-21(24)34-5)25-22(27)8-9-23(28)29/h6-7,10-13H,8-9H2,1-5H3,(H,25,27)(H,28,29)/b7-6+. The molecule has 2 rings (SSSR count). The van der Waals surface area contributed by atoms with Gasteiger partial charge in [0.2, 0.25) is 5.91 Å². The van der Waals surface area contributed by atoms with Crippen LogP contribution in [0.4, 0.5) is 5.69 Å². The summed E-state index contributed by atoms with van der Waals surface area (Å²) >= 11 is 0. The first-order valence-electron chi connectivity index (χ1n) is 10.1. The van der Waals surface area contributed by atoms with E-state index in [-0.39, 0.29) is 29.9 Å². The highest BCUT2D eigenvalue weighted by Crippen LogP contribution is 2.37. The van der Waals surface area contributed by atoms with E-state index in [0.717, 1.165) is 0 Å². The van der Waals surface area contributed by atoms with Gasteiger partial charge in [-0.15, -0.1) is 0 Å². The minimum atomic E-state index is -1.08. The van der Waals surface area contributed by atoms with Crippen LogP contribution in [0.25, 0.3) is 6.08 Å². The van der Waals surface area contributed by atoms with Gasteiger partial charge in [0.1, 0.15) is 34.3 Å². The number of carbonyl (C=O) groups is 3. The minimum absolute atomic E-state index is 0.135. The number of anilines is 1. The van der Waals surface area contributed by atoms with Crippen LogP contribution in [0.1, 0.15) is 28.8 Å². The van der Waals surface area contributed by atoms with Crippen molar-refractivity contribution in [1.82, 2.24) is 0 Å². The second-order valence-electron chi connectivity index (χ2n) is 6.84. The topological polar surface area (TPSA) is 130 Å². The lowest BCUT2D eigenvalue weighted by molar-refractivity contribution is -0.138. The summed E-state index contributed by atoms with van der Waals surface area (Å²) in [5, 5.41) is 11.3. The number of carbonyl (C=O) groups excluding carboxylic acids is 2. The Morgan fingerprint density at radius 2 is 1.32 bits per heavy atom. The summed E-state index contributed by atoms with van der Waals surface area (Å²) in [6.07, 6.45) is 2.35. The van der Waals surface area contributed by atoms with Gasteiger partial charge in [-0.3, -0.25) is 14.4 Å². The molecule has 2 N–H and O–H groups in total. The van der Waals surface area contributed by atoms with E-state index in [9.17, 15) is 14.4 Å². The maximum atomic E-state index is 13.1. The fraction of sp³-hybridized carbons (Fsp3) is 0.292. The predicted octanol–water partition coefficient (Wildman–Crippen LogP) is 3.43. The van der Waals surface area contributed by atoms with E-state index in [4.69, 9.17) is 28.8 Å². The maximum Gasteiger partial charge on any atom is 0.303 e. The molecule has 0 aromatic heterocycles. The zero-order valence-electron chi connectivity index (χ0n) is 19.6. The molecule has 0 unspecified atom stereocenters. The van der Waals surface area contributed by atoms with Crippen molar-refractivity contribution in [2.75, 3.05) is 40.9 Å². The molecule has 1 amide bonds.